The van der Waals surface area contributed by atoms with E-state index in [-0.39, 0.29) is 5.41 Å². The van der Waals surface area contributed by atoms with E-state index in [0.29, 0.717) is 18.5 Å². The molecule has 1 saturated heterocycles. The van der Waals surface area contributed by atoms with Gasteiger partial charge in [0.2, 0.25) is 0 Å². The van der Waals surface area contributed by atoms with Gasteiger partial charge in [-0.1, -0.05) is 50.8 Å². The molecule has 0 aromatic heterocycles. The van der Waals surface area contributed by atoms with Crippen LogP contribution in [0.3, 0.4) is 0 Å². The summed E-state index contributed by atoms with van der Waals surface area (Å²) in [6.07, 6.45) is 0. The summed E-state index contributed by atoms with van der Waals surface area (Å²) in [6.45, 7) is 8.43. The van der Waals surface area contributed by atoms with Crippen molar-refractivity contribution in [3.8, 4) is 0 Å². The van der Waals surface area contributed by atoms with Crippen molar-refractivity contribution in [2.75, 3.05) is 13.2 Å². The Hall–Kier alpha value is -1.11. The van der Waals surface area contributed by atoms with Crippen LogP contribution in [-0.2, 0) is 13.6 Å². The fourth-order valence-electron chi connectivity index (χ4n) is 1.68. The van der Waals surface area contributed by atoms with E-state index < -0.39 is 7.60 Å². The van der Waals surface area contributed by atoms with E-state index >= 15 is 0 Å². The van der Waals surface area contributed by atoms with Crippen molar-refractivity contribution in [3.05, 3.63) is 48.2 Å². The minimum atomic E-state index is -3.28. The third-order valence-corrected chi connectivity index (χ3v) is 4.64. The van der Waals surface area contributed by atoms with Crippen LogP contribution in [0.15, 0.2) is 42.6 Å². The van der Waals surface area contributed by atoms with Gasteiger partial charge in [-0.15, -0.1) is 5.73 Å². The van der Waals surface area contributed by atoms with Gasteiger partial charge in [0.15, 0.2) is 0 Å². The average molecular weight is 264 g/mol. The monoisotopic (exact) mass is 264 g/mol. The molecule has 0 spiro atoms. The van der Waals surface area contributed by atoms with Crippen molar-refractivity contribution in [1.29, 1.82) is 0 Å². The zero-order valence-corrected chi connectivity index (χ0v) is 11.6. The molecule has 0 N–H and O–H groups in total. The molecule has 1 aromatic rings. The summed E-state index contributed by atoms with van der Waals surface area (Å²) in [5.41, 5.74) is 3.37. The van der Waals surface area contributed by atoms with Crippen molar-refractivity contribution >= 4 is 12.9 Å². The second-order valence-electron chi connectivity index (χ2n) is 5.10. The molecule has 0 radical (unpaired) electrons. The predicted octanol–water partition coefficient (Wildman–Crippen LogP) is 4.08. The van der Waals surface area contributed by atoms with Crippen LogP contribution < -0.4 is 0 Å². The molecule has 2 rings (SSSR count). The summed E-state index contributed by atoms with van der Waals surface area (Å²) < 4.78 is 23.6. The largest absolute Gasteiger partial charge is 0.369 e. The van der Waals surface area contributed by atoms with Gasteiger partial charge in [0.1, 0.15) is 5.31 Å². The van der Waals surface area contributed by atoms with E-state index in [4.69, 9.17) is 9.05 Å². The van der Waals surface area contributed by atoms with E-state index in [1.807, 2.05) is 44.2 Å². The van der Waals surface area contributed by atoms with Crippen LogP contribution in [0.5, 0.6) is 0 Å². The highest BCUT2D eigenvalue weighted by Gasteiger charge is 2.40. The lowest BCUT2D eigenvalue weighted by molar-refractivity contribution is 0.0468. The molecule has 96 valence electrons. The van der Waals surface area contributed by atoms with E-state index in [2.05, 4.69) is 12.3 Å². The molecule has 1 fully saturated rings. The Labute approximate surface area is 108 Å². The molecule has 1 aliphatic heterocycles. The van der Waals surface area contributed by atoms with Gasteiger partial charge in [0, 0.05) is 5.41 Å². The fraction of sp³-hybridized carbons (Fsp3) is 0.357. The molecule has 0 saturated carbocycles. The van der Waals surface area contributed by atoms with Crippen LogP contribution in [0.25, 0.3) is 5.31 Å². The van der Waals surface area contributed by atoms with Crippen LogP contribution in [0.1, 0.15) is 19.4 Å². The Morgan fingerprint density at radius 1 is 1.28 bits per heavy atom. The van der Waals surface area contributed by atoms with Gasteiger partial charge in [-0.3, -0.25) is 4.57 Å². The highest BCUT2D eigenvalue weighted by atomic mass is 31.2. The lowest BCUT2D eigenvalue weighted by Gasteiger charge is -2.34. The molecule has 1 heterocycles. The maximum Gasteiger partial charge on any atom is 0.369 e. The zero-order valence-electron chi connectivity index (χ0n) is 10.7. The predicted molar refractivity (Wildman–Crippen MR) is 72.3 cm³/mol. The van der Waals surface area contributed by atoms with Crippen LogP contribution in [-0.4, -0.2) is 13.2 Å². The van der Waals surface area contributed by atoms with Gasteiger partial charge in [-0.05, 0) is 5.56 Å². The van der Waals surface area contributed by atoms with E-state index in [1.54, 1.807) is 0 Å². The molecule has 0 unspecified atom stereocenters. The fourth-order valence-corrected chi connectivity index (χ4v) is 3.71. The van der Waals surface area contributed by atoms with Crippen molar-refractivity contribution < 1.29 is 13.6 Å². The summed E-state index contributed by atoms with van der Waals surface area (Å²) in [7, 11) is -3.28. The third-order valence-electron chi connectivity index (χ3n) is 2.74. The summed E-state index contributed by atoms with van der Waals surface area (Å²) in [5.74, 6) is 0. The Kier molecular flexibility index (Phi) is 3.61. The summed E-state index contributed by atoms with van der Waals surface area (Å²) in [5, 5.41) is 0.415. The first kappa shape index (κ1) is 13.3. The van der Waals surface area contributed by atoms with Gasteiger partial charge >= 0.3 is 7.60 Å². The quantitative estimate of drug-likeness (QED) is 0.596. The molecular weight excluding hydrogens is 247 g/mol. The van der Waals surface area contributed by atoms with Crippen molar-refractivity contribution in [3.63, 3.8) is 0 Å². The summed E-state index contributed by atoms with van der Waals surface area (Å²) in [4.78, 5) is 0. The highest BCUT2D eigenvalue weighted by molar-refractivity contribution is 7.65. The molecule has 4 heteroatoms. The smallest absolute Gasteiger partial charge is 0.304 e. The lowest BCUT2D eigenvalue weighted by atomic mass is 9.97. The first-order chi connectivity index (χ1) is 8.47. The normalized spacial score (nSPS) is 21.0. The highest BCUT2D eigenvalue weighted by Crippen LogP contribution is 2.63. The van der Waals surface area contributed by atoms with Gasteiger partial charge < -0.3 is 9.05 Å². The van der Waals surface area contributed by atoms with Crippen molar-refractivity contribution in [2.24, 2.45) is 5.41 Å². The van der Waals surface area contributed by atoms with Crippen LogP contribution in [0.4, 0.5) is 0 Å². The molecule has 0 aliphatic carbocycles. The molecule has 0 bridgehead atoms. The summed E-state index contributed by atoms with van der Waals surface area (Å²) >= 11 is 0. The lowest BCUT2D eigenvalue weighted by Crippen LogP contribution is -2.29. The second kappa shape index (κ2) is 4.87. The van der Waals surface area contributed by atoms with Crippen molar-refractivity contribution in [1.82, 2.24) is 0 Å². The van der Waals surface area contributed by atoms with Gasteiger partial charge in [-0.25, -0.2) is 0 Å². The Balaban J connectivity index is 2.31. The van der Waals surface area contributed by atoms with E-state index in [0.717, 1.165) is 5.56 Å². The van der Waals surface area contributed by atoms with Gasteiger partial charge in [0.05, 0.1) is 13.2 Å². The Morgan fingerprint density at radius 2 is 1.83 bits per heavy atom. The maximum absolute atomic E-state index is 12.7. The standard InChI is InChI=1S/C14H17O3P/c1-4-13(12-8-6-5-7-9-12)18(15)16-10-14(2,3)11-17-18/h5-9H,1,10-11H2,2-3H3. The third kappa shape index (κ3) is 2.66. The second-order valence-corrected chi connectivity index (χ2v) is 7.06. The first-order valence-electron chi connectivity index (χ1n) is 5.82. The maximum atomic E-state index is 12.7. The number of rotatable bonds is 2. The summed E-state index contributed by atoms with van der Waals surface area (Å²) in [6, 6.07) is 9.32. The minimum Gasteiger partial charge on any atom is -0.304 e. The molecular formula is C14H17O3P. The van der Waals surface area contributed by atoms with Gasteiger partial charge in [-0.2, -0.15) is 0 Å². The topological polar surface area (TPSA) is 35.5 Å². The Bertz CT molecular complexity index is 513. The average Bonchev–Trinajstić information content (AvgIpc) is 2.36. The molecule has 1 aromatic carbocycles. The SMILES string of the molecule is C=C=C(c1ccccc1)P1(=O)OCC(C)(C)CO1. The molecule has 18 heavy (non-hydrogen) atoms. The molecule has 3 nitrogen and oxygen atoms in total. The van der Waals surface area contributed by atoms with Crippen molar-refractivity contribution in [2.45, 2.75) is 13.8 Å². The molecule has 0 atom stereocenters. The first-order valence-corrected chi connectivity index (χ1v) is 7.36. The minimum absolute atomic E-state index is 0.114. The van der Waals surface area contributed by atoms with Gasteiger partial charge in [0.25, 0.3) is 0 Å². The number of benzene rings is 1. The number of hydrogen-bond donors (Lipinski definition) is 0. The van der Waals surface area contributed by atoms with Crippen LogP contribution in [0.2, 0.25) is 0 Å². The van der Waals surface area contributed by atoms with Crippen LogP contribution in [0, 0.1) is 5.41 Å². The van der Waals surface area contributed by atoms with Crippen LogP contribution >= 0.6 is 7.60 Å². The molecule has 1 aliphatic rings. The van der Waals surface area contributed by atoms with E-state index in [9.17, 15) is 4.57 Å². The zero-order chi connectivity index (χ0) is 13.2. The molecule has 0 amide bonds. The Morgan fingerprint density at radius 3 is 2.33 bits per heavy atom. The number of hydrogen-bond acceptors (Lipinski definition) is 3. The van der Waals surface area contributed by atoms with E-state index in [1.165, 1.54) is 0 Å².